The lowest BCUT2D eigenvalue weighted by atomic mass is 9.62. The zero-order chi connectivity index (χ0) is 26.1. The fraction of sp³-hybridized carbons (Fsp3) is 0.364. The van der Waals surface area contributed by atoms with E-state index in [1.807, 2.05) is 23.9 Å². The SMILES string of the molecule is CCC1(c2ccc(OCc3ccc4scc(-c5ccc(OC6CCSCC6)cc5C)c4c3)cc2)CC(=O)C1. The van der Waals surface area contributed by atoms with Crippen LogP contribution in [0.5, 0.6) is 11.5 Å². The first-order valence-corrected chi connectivity index (χ1v) is 15.7. The zero-order valence-electron chi connectivity index (χ0n) is 22.1. The maximum atomic E-state index is 11.6. The fourth-order valence-electron chi connectivity index (χ4n) is 5.81. The number of hydrogen-bond acceptors (Lipinski definition) is 5. The van der Waals surface area contributed by atoms with Crippen LogP contribution >= 0.6 is 23.1 Å². The molecule has 0 spiro atoms. The Morgan fingerprint density at radius 1 is 0.921 bits per heavy atom. The van der Waals surface area contributed by atoms with E-state index in [0.717, 1.165) is 36.3 Å². The van der Waals surface area contributed by atoms with Crippen LogP contribution in [0.2, 0.25) is 0 Å². The lowest BCUT2D eigenvalue weighted by molar-refractivity contribution is -0.128. The van der Waals surface area contributed by atoms with Crippen molar-refractivity contribution in [2.45, 2.75) is 64.1 Å². The first-order chi connectivity index (χ1) is 18.5. The summed E-state index contributed by atoms with van der Waals surface area (Å²) in [4.78, 5) is 11.6. The molecule has 38 heavy (non-hydrogen) atoms. The number of ether oxygens (including phenoxy) is 2. The van der Waals surface area contributed by atoms with Crippen LogP contribution in [0.4, 0.5) is 0 Å². The van der Waals surface area contributed by atoms with Crippen LogP contribution in [0.3, 0.4) is 0 Å². The monoisotopic (exact) mass is 542 g/mol. The molecule has 1 aromatic heterocycles. The molecule has 1 aliphatic heterocycles. The van der Waals surface area contributed by atoms with Gasteiger partial charge in [0.2, 0.25) is 0 Å². The van der Waals surface area contributed by atoms with E-state index in [4.69, 9.17) is 9.47 Å². The zero-order valence-corrected chi connectivity index (χ0v) is 23.8. The van der Waals surface area contributed by atoms with E-state index in [9.17, 15) is 4.79 Å². The van der Waals surface area contributed by atoms with Gasteiger partial charge in [-0.2, -0.15) is 11.8 Å². The molecule has 1 saturated heterocycles. The van der Waals surface area contributed by atoms with Gasteiger partial charge in [0, 0.05) is 33.9 Å². The van der Waals surface area contributed by atoms with Crippen LogP contribution in [0, 0.1) is 6.92 Å². The van der Waals surface area contributed by atoms with Crippen molar-refractivity contribution in [2.24, 2.45) is 0 Å². The summed E-state index contributed by atoms with van der Waals surface area (Å²) < 4.78 is 13.7. The third kappa shape index (κ3) is 5.11. The Bertz CT molecular complexity index is 1440. The van der Waals surface area contributed by atoms with Crippen molar-refractivity contribution in [2.75, 3.05) is 11.5 Å². The molecule has 0 atom stereocenters. The van der Waals surface area contributed by atoms with E-state index < -0.39 is 0 Å². The van der Waals surface area contributed by atoms with Crippen LogP contribution < -0.4 is 9.47 Å². The number of hydrogen-bond donors (Lipinski definition) is 0. The lowest BCUT2D eigenvalue weighted by Gasteiger charge is -2.40. The Labute approximate surface area is 233 Å². The van der Waals surface area contributed by atoms with E-state index in [0.29, 0.717) is 31.3 Å². The first-order valence-electron chi connectivity index (χ1n) is 13.6. The fourth-order valence-corrected chi connectivity index (χ4v) is 7.81. The standard InChI is InChI=1S/C33H34O3S2/c1-3-33(18-25(34)19-33)24-5-7-26(8-6-24)35-20-23-4-11-32-30(17-23)31(21-38-32)29-10-9-28(16-22(29)2)36-27-12-14-37-15-13-27/h4-11,16-17,21,27H,3,12-15,18-20H2,1-2H3. The minimum atomic E-state index is 0.0352. The number of Topliss-reactive ketones (excluding diaryl/α,β-unsaturated/α-hetero) is 1. The number of fused-ring (bicyclic) bond motifs is 1. The number of rotatable bonds is 8. The van der Waals surface area contributed by atoms with Gasteiger partial charge in [-0.15, -0.1) is 11.3 Å². The number of aryl methyl sites for hydroxylation is 1. The maximum Gasteiger partial charge on any atom is 0.134 e. The highest BCUT2D eigenvalue weighted by Crippen LogP contribution is 2.44. The van der Waals surface area contributed by atoms with Gasteiger partial charge in [-0.05, 0) is 102 Å². The van der Waals surface area contributed by atoms with Crippen molar-refractivity contribution in [3.8, 4) is 22.6 Å². The molecule has 5 heteroatoms. The summed E-state index contributed by atoms with van der Waals surface area (Å²) in [6, 6.07) is 21.5. The number of carbonyl (C=O) groups excluding carboxylic acids is 1. The topological polar surface area (TPSA) is 35.5 Å². The molecule has 196 valence electrons. The average Bonchev–Trinajstić information content (AvgIpc) is 3.34. The lowest BCUT2D eigenvalue weighted by Crippen LogP contribution is -2.40. The molecule has 1 aliphatic carbocycles. The molecule has 4 aromatic rings. The quantitative estimate of drug-likeness (QED) is 0.223. The van der Waals surface area contributed by atoms with Crippen LogP contribution in [0.25, 0.3) is 21.2 Å². The number of thiophene rings is 1. The van der Waals surface area contributed by atoms with E-state index in [1.165, 1.54) is 43.8 Å². The number of benzene rings is 3. The summed E-state index contributed by atoms with van der Waals surface area (Å²) in [6.07, 6.45) is 4.95. The van der Waals surface area contributed by atoms with Gasteiger partial charge in [0.05, 0.1) is 0 Å². The Hall–Kier alpha value is -2.76. The summed E-state index contributed by atoms with van der Waals surface area (Å²) in [5, 5.41) is 3.54. The van der Waals surface area contributed by atoms with E-state index in [1.54, 1.807) is 11.3 Å². The highest BCUT2D eigenvalue weighted by Gasteiger charge is 2.43. The van der Waals surface area contributed by atoms with Crippen LogP contribution in [-0.4, -0.2) is 23.4 Å². The predicted octanol–water partition coefficient (Wildman–Crippen LogP) is 8.74. The smallest absolute Gasteiger partial charge is 0.134 e. The minimum absolute atomic E-state index is 0.0352. The summed E-state index contributed by atoms with van der Waals surface area (Å²) in [6.45, 7) is 4.88. The van der Waals surface area contributed by atoms with Gasteiger partial charge in [0.1, 0.15) is 30.0 Å². The Balaban J connectivity index is 1.16. The van der Waals surface area contributed by atoms with Gasteiger partial charge in [-0.1, -0.05) is 31.2 Å². The molecule has 3 aromatic carbocycles. The van der Waals surface area contributed by atoms with Gasteiger partial charge in [0.25, 0.3) is 0 Å². The molecule has 6 rings (SSSR count). The predicted molar refractivity (Wildman–Crippen MR) is 160 cm³/mol. The van der Waals surface area contributed by atoms with Gasteiger partial charge in [0.15, 0.2) is 0 Å². The van der Waals surface area contributed by atoms with E-state index in [-0.39, 0.29) is 5.41 Å². The van der Waals surface area contributed by atoms with Crippen LogP contribution in [0.1, 0.15) is 55.7 Å². The molecule has 2 aliphatic rings. The summed E-state index contributed by atoms with van der Waals surface area (Å²) in [7, 11) is 0. The second kappa shape index (κ2) is 10.8. The maximum absolute atomic E-state index is 11.6. The molecule has 2 heterocycles. The van der Waals surface area contributed by atoms with Crippen molar-refractivity contribution >= 4 is 39.0 Å². The van der Waals surface area contributed by atoms with Crippen molar-refractivity contribution in [1.29, 1.82) is 0 Å². The second-order valence-corrected chi connectivity index (χ2v) is 12.9. The largest absolute Gasteiger partial charge is 0.490 e. The van der Waals surface area contributed by atoms with Crippen molar-refractivity contribution in [3.63, 3.8) is 0 Å². The highest BCUT2D eigenvalue weighted by atomic mass is 32.2. The van der Waals surface area contributed by atoms with Gasteiger partial charge in [-0.3, -0.25) is 4.79 Å². The molecule has 3 nitrogen and oxygen atoms in total. The van der Waals surface area contributed by atoms with Gasteiger partial charge >= 0.3 is 0 Å². The molecule has 0 unspecified atom stereocenters. The Kier molecular flexibility index (Phi) is 7.24. The molecule has 0 amide bonds. The molecule has 0 N–H and O–H groups in total. The third-order valence-corrected chi connectivity index (χ3v) is 10.2. The summed E-state index contributed by atoms with van der Waals surface area (Å²) in [5.41, 5.74) is 6.22. The number of carbonyl (C=O) groups is 1. The average molecular weight is 543 g/mol. The first kappa shape index (κ1) is 25.5. The Morgan fingerprint density at radius 2 is 1.68 bits per heavy atom. The highest BCUT2D eigenvalue weighted by molar-refractivity contribution is 7.99. The molecule has 1 saturated carbocycles. The van der Waals surface area contributed by atoms with Crippen molar-refractivity contribution in [3.05, 3.63) is 82.7 Å². The normalized spacial score (nSPS) is 17.4. The van der Waals surface area contributed by atoms with Crippen molar-refractivity contribution < 1.29 is 14.3 Å². The van der Waals surface area contributed by atoms with Crippen molar-refractivity contribution in [1.82, 2.24) is 0 Å². The number of ketones is 1. The van der Waals surface area contributed by atoms with Gasteiger partial charge in [-0.25, -0.2) is 0 Å². The molecule has 2 fully saturated rings. The molecule has 0 radical (unpaired) electrons. The second-order valence-electron chi connectivity index (χ2n) is 10.7. The van der Waals surface area contributed by atoms with E-state index >= 15 is 0 Å². The third-order valence-electron chi connectivity index (χ3n) is 8.22. The summed E-state index contributed by atoms with van der Waals surface area (Å²) in [5.74, 6) is 4.60. The van der Waals surface area contributed by atoms with E-state index in [2.05, 4.69) is 67.8 Å². The Morgan fingerprint density at radius 3 is 2.39 bits per heavy atom. The van der Waals surface area contributed by atoms with Crippen LogP contribution in [-0.2, 0) is 16.8 Å². The minimum Gasteiger partial charge on any atom is -0.490 e. The molecule has 0 bridgehead atoms. The van der Waals surface area contributed by atoms with Crippen LogP contribution in [0.15, 0.2) is 66.0 Å². The molecular weight excluding hydrogens is 508 g/mol. The molecular formula is C33H34O3S2. The summed E-state index contributed by atoms with van der Waals surface area (Å²) >= 11 is 3.81. The van der Waals surface area contributed by atoms with Gasteiger partial charge < -0.3 is 9.47 Å². The number of thioether (sulfide) groups is 1.